The number of nitrogens with zero attached hydrogens (tertiary/aromatic N) is 2. The number of hydrogen-bond acceptors (Lipinski definition) is 7. The van der Waals surface area contributed by atoms with E-state index in [0.29, 0.717) is 31.1 Å². The van der Waals surface area contributed by atoms with Gasteiger partial charge >= 0.3 is 5.97 Å². The second-order valence-electron chi connectivity index (χ2n) is 7.94. The van der Waals surface area contributed by atoms with Gasteiger partial charge in [-0.05, 0) is 43.2 Å². The molecule has 0 bridgehead atoms. The molecule has 0 fully saturated rings. The molecule has 0 atom stereocenters. The lowest BCUT2D eigenvalue weighted by Crippen LogP contribution is -2.28. The van der Waals surface area contributed by atoms with Crippen LogP contribution in [0.15, 0.2) is 40.3 Å². The number of amides is 1. The number of aryl methyl sites for hydroxylation is 3. The first-order valence-corrected chi connectivity index (χ1v) is 12.9. The maximum atomic E-state index is 13.5. The molecule has 1 N–H and O–H groups in total. The van der Waals surface area contributed by atoms with Crippen LogP contribution in [0.1, 0.15) is 35.3 Å². The van der Waals surface area contributed by atoms with Crippen molar-refractivity contribution in [2.45, 2.75) is 50.2 Å². The third kappa shape index (κ3) is 5.65. The zero-order valence-electron chi connectivity index (χ0n) is 18.6. The van der Waals surface area contributed by atoms with E-state index in [1.165, 1.54) is 29.3 Å². The van der Waals surface area contributed by atoms with Crippen LogP contribution in [0.2, 0.25) is 0 Å². The fraction of sp³-hybridized carbons (Fsp3) is 0.417. The number of rotatable bonds is 10. The molecule has 0 unspecified atom stereocenters. The zero-order chi connectivity index (χ0) is 23.2. The van der Waals surface area contributed by atoms with Crippen LogP contribution in [0.4, 0.5) is 0 Å². The number of hydrogen-bond donors (Lipinski definition) is 1. The average molecular weight is 486 g/mol. The number of fused-ring (bicyclic) bond motifs is 3. The van der Waals surface area contributed by atoms with Crippen molar-refractivity contribution in [1.29, 1.82) is 0 Å². The van der Waals surface area contributed by atoms with Crippen molar-refractivity contribution in [3.8, 4) is 0 Å². The highest BCUT2D eigenvalue weighted by atomic mass is 32.2. The maximum absolute atomic E-state index is 13.5. The summed E-state index contributed by atoms with van der Waals surface area (Å²) >= 11 is 2.90. The molecule has 0 radical (unpaired) electrons. The van der Waals surface area contributed by atoms with Gasteiger partial charge in [-0.1, -0.05) is 42.1 Å². The van der Waals surface area contributed by atoms with Crippen molar-refractivity contribution >= 4 is 45.2 Å². The number of thioether (sulfide) groups is 1. The molecule has 1 aromatic carbocycles. The first kappa shape index (κ1) is 23.5. The SMILES string of the molecule is COC(=O)CCCNC(=O)CSc1nc2sc3c(c2c(=O)n1CCc1ccccc1)CCC3. The Morgan fingerprint density at radius 2 is 2.06 bits per heavy atom. The topological polar surface area (TPSA) is 90.3 Å². The molecular weight excluding hydrogens is 458 g/mol. The highest BCUT2D eigenvalue weighted by Gasteiger charge is 2.23. The summed E-state index contributed by atoms with van der Waals surface area (Å²) in [5, 5.41) is 4.15. The Hall–Kier alpha value is -2.65. The van der Waals surface area contributed by atoms with E-state index in [2.05, 4.69) is 10.1 Å². The number of methoxy groups -OCH3 is 1. The third-order valence-electron chi connectivity index (χ3n) is 5.70. The monoisotopic (exact) mass is 485 g/mol. The first-order chi connectivity index (χ1) is 16.1. The van der Waals surface area contributed by atoms with Gasteiger partial charge in [-0.15, -0.1) is 11.3 Å². The van der Waals surface area contributed by atoms with E-state index in [4.69, 9.17) is 4.98 Å². The van der Waals surface area contributed by atoms with E-state index in [-0.39, 0.29) is 29.6 Å². The van der Waals surface area contributed by atoms with Gasteiger partial charge in [-0.3, -0.25) is 19.0 Å². The lowest BCUT2D eigenvalue weighted by molar-refractivity contribution is -0.140. The minimum absolute atomic E-state index is 0.00341. The van der Waals surface area contributed by atoms with Crippen LogP contribution in [0.25, 0.3) is 10.2 Å². The molecule has 0 saturated heterocycles. The van der Waals surface area contributed by atoms with E-state index >= 15 is 0 Å². The Balaban J connectivity index is 1.50. The van der Waals surface area contributed by atoms with Gasteiger partial charge in [0.1, 0.15) is 4.83 Å². The van der Waals surface area contributed by atoms with Crippen LogP contribution in [-0.2, 0) is 40.1 Å². The minimum Gasteiger partial charge on any atom is -0.469 e. The number of aromatic nitrogens is 2. The molecule has 9 heteroatoms. The summed E-state index contributed by atoms with van der Waals surface area (Å²) in [6.07, 6.45) is 4.54. The lowest BCUT2D eigenvalue weighted by Gasteiger charge is -2.13. The van der Waals surface area contributed by atoms with Crippen LogP contribution in [0.5, 0.6) is 0 Å². The van der Waals surface area contributed by atoms with Crippen molar-refractivity contribution < 1.29 is 14.3 Å². The quantitative estimate of drug-likeness (QED) is 0.205. The van der Waals surface area contributed by atoms with Crippen LogP contribution in [0.3, 0.4) is 0 Å². The van der Waals surface area contributed by atoms with Gasteiger partial charge in [0.05, 0.1) is 18.2 Å². The van der Waals surface area contributed by atoms with E-state index in [1.807, 2.05) is 30.3 Å². The Bertz CT molecular complexity index is 1200. The van der Waals surface area contributed by atoms with E-state index in [0.717, 1.165) is 35.0 Å². The van der Waals surface area contributed by atoms with Crippen LogP contribution in [-0.4, -0.2) is 40.8 Å². The Morgan fingerprint density at radius 1 is 1.24 bits per heavy atom. The fourth-order valence-electron chi connectivity index (χ4n) is 3.99. The van der Waals surface area contributed by atoms with Crippen LogP contribution in [0, 0.1) is 0 Å². The van der Waals surface area contributed by atoms with E-state index in [1.54, 1.807) is 15.9 Å². The number of esters is 1. The van der Waals surface area contributed by atoms with Crippen molar-refractivity contribution in [2.24, 2.45) is 0 Å². The molecule has 0 spiro atoms. The van der Waals surface area contributed by atoms with E-state index < -0.39 is 0 Å². The summed E-state index contributed by atoms with van der Waals surface area (Å²) < 4.78 is 6.34. The Kier molecular flexibility index (Phi) is 7.82. The number of carbonyl (C=O) groups is 2. The summed E-state index contributed by atoms with van der Waals surface area (Å²) in [6, 6.07) is 10.1. The average Bonchev–Trinajstić information content (AvgIpc) is 3.41. The molecule has 0 saturated carbocycles. The largest absolute Gasteiger partial charge is 0.469 e. The maximum Gasteiger partial charge on any atom is 0.305 e. The second kappa shape index (κ2) is 11.0. The number of benzene rings is 1. The molecule has 1 aliphatic carbocycles. The van der Waals surface area contributed by atoms with Crippen molar-refractivity contribution in [1.82, 2.24) is 14.9 Å². The summed E-state index contributed by atoms with van der Waals surface area (Å²) in [4.78, 5) is 43.9. The third-order valence-corrected chi connectivity index (χ3v) is 7.86. The van der Waals surface area contributed by atoms with Crippen LogP contribution < -0.4 is 10.9 Å². The molecule has 1 amide bonds. The normalized spacial score (nSPS) is 12.6. The molecule has 2 aromatic heterocycles. The van der Waals surface area contributed by atoms with Gasteiger partial charge in [0.15, 0.2) is 5.16 Å². The first-order valence-electron chi connectivity index (χ1n) is 11.1. The fourth-order valence-corrected chi connectivity index (χ4v) is 6.15. The highest BCUT2D eigenvalue weighted by molar-refractivity contribution is 7.99. The predicted octanol–water partition coefficient (Wildman–Crippen LogP) is 3.35. The summed E-state index contributed by atoms with van der Waals surface area (Å²) in [5.74, 6) is -0.282. The molecule has 4 rings (SSSR count). The van der Waals surface area contributed by atoms with Crippen molar-refractivity contribution in [2.75, 3.05) is 19.4 Å². The van der Waals surface area contributed by atoms with Gasteiger partial charge in [0.2, 0.25) is 5.91 Å². The smallest absolute Gasteiger partial charge is 0.305 e. The summed E-state index contributed by atoms with van der Waals surface area (Å²) in [7, 11) is 1.35. The zero-order valence-corrected chi connectivity index (χ0v) is 20.2. The predicted molar refractivity (Wildman–Crippen MR) is 131 cm³/mol. The second-order valence-corrected chi connectivity index (χ2v) is 9.97. The molecule has 33 heavy (non-hydrogen) atoms. The van der Waals surface area contributed by atoms with Crippen LogP contribution >= 0.6 is 23.1 Å². The molecule has 2 heterocycles. The lowest BCUT2D eigenvalue weighted by atomic mass is 10.1. The van der Waals surface area contributed by atoms with Gasteiger partial charge < -0.3 is 10.1 Å². The van der Waals surface area contributed by atoms with Gasteiger partial charge in [0.25, 0.3) is 5.56 Å². The summed E-state index contributed by atoms with van der Waals surface area (Å²) in [5.41, 5.74) is 2.32. The summed E-state index contributed by atoms with van der Waals surface area (Å²) in [6.45, 7) is 0.916. The Morgan fingerprint density at radius 3 is 2.85 bits per heavy atom. The van der Waals surface area contributed by atoms with Gasteiger partial charge in [-0.2, -0.15) is 0 Å². The number of thiophene rings is 1. The number of ether oxygens (including phenoxy) is 1. The van der Waals surface area contributed by atoms with E-state index in [9.17, 15) is 14.4 Å². The van der Waals surface area contributed by atoms with Gasteiger partial charge in [-0.25, -0.2) is 4.98 Å². The number of carbonyl (C=O) groups excluding carboxylic acids is 2. The molecule has 3 aromatic rings. The molecule has 1 aliphatic rings. The molecular formula is C24H27N3O4S2. The minimum atomic E-state index is -0.290. The highest BCUT2D eigenvalue weighted by Crippen LogP contribution is 2.35. The van der Waals surface area contributed by atoms with Gasteiger partial charge in [0, 0.05) is 24.4 Å². The van der Waals surface area contributed by atoms with Crippen molar-refractivity contribution in [3.05, 3.63) is 56.7 Å². The number of nitrogens with one attached hydrogen (secondary N) is 1. The molecule has 0 aliphatic heterocycles. The Labute approximate surface area is 200 Å². The van der Waals surface area contributed by atoms with Crippen molar-refractivity contribution in [3.63, 3.8) is 0 Å². The molecule has 174 valence electrons. The molecule has 7 nitrogen and oxygen atoms in total. The standard InChI is InChI=1S/C24H27N3O4S2/c1-31-20(29)11-6-13-25-19(28)15-32-24-26-22-21(17-9-5-10-18(17)33-22)23(30)27(24)14-12-16-7-3-2-4-8-16/h2-4,7-8H,5-6,9-15H2,1H3,(H,25,28).